The highest BCUT2D eigenvalue weighted by molar-refractivity contribution is 6.02. The number of hydrogen-bond acceptors (Lipinski definition) is 4. The summed E-state index contributed by atoms with van der Waals surface area (Å²) in [6, 6.07) is 5.22. The van der Waals surface area contributed by atoms with E-state index in [1.807, 2.05) is 13.8 Å². The average Bonchev–Trinajstić information content (AvgIpc) is 3.27. The lowest BCUT2D eigenvalue weighted by Gasteiger charge is -2.11. The molecule has 0 radical (unpaired) electrons. The number of carbonyl (C=O) groups excluding carboxylic acids is 1. The first-order chi connectivity index (χ1) is 16.1. The Labute approximate surface area is 195 Å². The summed E-state index contributed by atoms with van der Waals surface area (Å²) in [7, 11) is 2.86. The third kappa shape index (κ3) is 4.66. The van der Waals surface area contributed by atoms with Gasteiger partial charge in [-0.3, -0.25) is 18.7 Å². The fraction of sp³-hybridized carbons (Fsp3) is 0.292. The van der Waals surface area contributed by atoms with Gasteiger partial charge in [-0.05, 0) is 49.6 Å². The van der Waals surface area contributed by atoms with Crippen LogP contribution in [0.4, 0.5) is 4.39 Å². The monoisotopic (exact) mass is 466 g/mol. The number of amidine groups is 1. The van der Waals surface area contributed by atoms with Crippen molar-refractivity contribution in [1.82, 2.24) is 18.7 Å². The second kappa shape index (κ2) is 9.82. The number of aliphatic imine (C=N–C) groups is 1. The molecule has 0 aliphatic heterocycles. The fourth-order valence-electron chi connectivity index (χ4n) is 3.51. The maximum Gasteiger partial charge on any atom is 0.332 e. The Kier molecular flexibility index (Phi) is 7.09. The van der Waals surface area contributed by atoms with E-state index in [2.05, 4.69) is 9.98 Å². The van der Waals surface area contributed by atoms with E-state index < -0.39 is 23.2 Å². The molecule has 0 fully saturated rings. The van der Waals surface area contributed by atoms with Crippen LogP contribution in [0, 0.1) is 5.82 Å². The molecule has 3 rings (SSSR count). The van der Waals surface area contributed by atoms with Crippen molar-refractivity contribution in [2.45, 2.75) is 33.2 Å². The van der Waals surface area contributed by atoms with Crippen molar-refractivity contribution in [3.05, 3.63) is 80.5 Å². The second-order valence-corrected chi connectivity index (χ2v) is 7.97. The quantitative estimate of drug-likeness (QED) is 0.340. The Balaban J connectivity index is 1.92. The lowest BCUT2D eigenvalue weighted by atomic mass is 9.98. The van der Waals surface area contributed by atoms with Crippen LogP contribution >= 0.6 is 0 Å². The van der Waals surface area contributed by atoms with Gasteiger partial charge >= 0.3 is 5.69 Å². The maximum absolute atomic E-state index is 13.3. The van der Waals surface area contributed by atoms with Gasteiger partial charge in [-0.15, -0.1) is 0 Å². The molecule has 34 heavy (non-hydrogen) atoms. The highest BCUT2D eigenvalue weighted by Gasteiger charge is 2.21. The smallest absolute Gasteiger partial charge is 0.332 e. The van der Waals surface area contributed by atoms with E-state index in [-0.39, 0.29) is 22.8 Å². The van der Waals surface area contributed by atoms with Crippen LogP contribution in [-0.4, -0.2) is 30.4 Å². The zero-order valence-corrected chi connectivity index (χ0v) is 19.7. The second-order valence-electron chi connectivity index (χ2n) is 7.97. The van der Waals surface area contributed by atoms with Crippen molar-refractivity contribution in [2.24, 2.45) is 24.8 Å². The number of benzene rings is 1. The number of amides is 1. The zero-order valence-electron chi connectivity index (χ0n) is 19.7. The minimum absolute atomic E-state index is 0.0231. The summed E-state index contributed by atoms with van der Waals surface area (Å²) in [6.45, 7) is 5.53. The third-order valence-electron chi connectivity index (χ3n) is 5.75. The number of carbonyl (C=O) groups is 1. The molecular formula is C24H27FN6O3. The summed E-state index contributed by atoms with van der Waals surface area (Å²) in [5.74, 6) is -0.939. The number of fused-ring (bicyclic) bond motifs is 1. The van der Waals surface area contributed by atoms with E-state index in [0.29, 0.717) is 0 Å². The van der Waals surface area contributed by atoms with Crippen molar-refractivity contribution >= 4 is 28.5 Å². The van der Waals surface area contributed by atoms with Crippen LogP contribution in [0.1, 0.15) is 38.8 Å². The van der Waals surface area contributed by atoms with E-state index in [9.17, 15) is 18.8 Å². The van der Waals surface area contributed by atoms with Gasteiger partial charge in [-0.25, -0.2) is 14.2 Å². The summed E-state index contributed by atoms with van der Waals surface area (Å²) in [5.41, 5.74) is 7.94. The first kappa shape index (κ1) is 24.6. The summed E-state index contributed by atoms with van der Waals surface area (Å²) in [5, 5.41) is 0. The van der Waals surface area contributed by atoms with Gasteiger partial charge in [0, 0.05) is 14.1 Å². The topological polar surface area (TPSA) is 117 Å². The first-order valence-corrected chi connectivity index (χ1v) is 10.7. The van der Waals surface area contributed by atoms with Crippen LogP contribution in [0.15, 0.2) is 62.9 Å². The lowest BCUT2D eigenvalue weighted by molar-refractivity contribution is -0.120. The van der Waals surface area contributed by atoms with Gasteiger partial charge in [-0.2, -0.15) is 4.99 Å². The van der Waals surface area contributed by atoms with E-state index in [0.717, 1.165) is 27.7 Å². The van der Waals surface area contributed by atoms with Gasteiger partial charge in [0.1, 0.15) is 17.7 Å². The normalized spacial score (nSPS) is 14.0. The van der Waals surface area contributed by atoms with E-state index in [1.165, 1.54) is 47.8 Å². The van der Waals surface area contributed by atoms with Crippen LogP contribution in [0.2, 0.25) is 0 Å². The van der Waals surface area contributed by atoms with Crippen molar-refractivity contribution in [2.75, 3.05) is 0 Å². The van der Waals surface area contributed by atoms with Crippen molar-refractivity contribution in [1.29, 1.82) is 0 Å². The molecule has 0 aliphatic rings. The van der Waals surface area contributed by atoms with Crippen LogP contribution in [0.25, 0.3) is 16.7 Å². The van der Waals surface area contributed by atoms with Gasteiger partial charge in [0.2, 0.25) is 0 Å². The number of aromatic nitrogens is 4. The van der Waals surface area contributed by atoms with Crippen LogP contribution in [0.3, 0.4) is 0 Å². The van der Waals surface area contributed by atoms with Crippen molar-refractivity contribution < 1.29 is 9.18 Å². The van der Waals surface area contributed by atoms with E-state index in [1.54, 1.807) is 25.1 Å². The Morgan fingerprint density at radius 2 is 1.82 bits per heavy atom. The number of aryl methyl sites for hydroxylation is 1. The minimum Gasteiger partial charge on any atom is -0.384 e. The SMILES string of the molecule is CCC(C)=C(C=CC(N)=NC(=O)C(C)n1cnc2c1c(=O)n(C)c(=O)n2C)c1ccc(F)cc1. The van der Waals surface area contributed by atoms with Gasteiger partial charge in [-0.1, -0.05) is 30.7 Å². The Morgan fingerprint density at radius 3 is 2.44 bits per heavy atom. The standard InChI is InChI=1S/C24H27FN6O3/c1-6-14(2)18(16-7-9-17(25)10-8-16)11-12-19(26)28-22(32)15(3)31-13-27-21-20(31)23(33)30(5)24(34)29(21)4/h7-13,15H,6H2,1-5H3,(H2,26,28,32). The summed E-state index contributed by atoms with van der Waals surface area (Å²) in [6.07, 6.45) is 5.35. The number of imidazole rings is 1. The number of halogens is 1. The summed E-state index contributed by atoms with van der Waals surface area (Å²) < 4.78 is 16.9. The predicted octanol–water partition coefficient (Wildman–Crippen LogP) is 2.46. The number of nitrogens with zero attached hydrogens (tertiary/aromatic N) is 5. The number of hydrogen-bond donors (Lipinski definition) is 1. The van der Waals surface area contributed by atoms with Gasteiger partial charge in [0.25, 0.3) is 11.5 Å². The maximum atomic E-state index is 13.3. The molecule has 2 aromatic heterocycles. The average molecular weight is 467 g/mol. The molecule has 2 N–H and O–H groups in total. The molecule has 1 unspecified atom stereocenters. The highest BCUT2D eigenvalue weighted by Crippen LogP contribution is 2.22. The van der Waals surface area contributed by atoms with Gasteiger partial charge in [0.05, 0.1) is 6.33 Å². The molecule has 0 spiro atoms. The molecule has 1 aromatic carbocycles. The zero-order chi connectivity index (χ0) is 25.2. The lowest BCUT2D eigenvalue weighted by Crippen LogP contribution is -2.38. The van der Waals surface area contributed by atoms with Crippen molar-refractivity contribution in [3.63, 3.8) is 0 Å². The van der Waals surface area contributed by atoms with E-state index in [4.69, 9.17) is 5.73 Å². The predicted molar refractivity (Wildman–Crippen MR) is 130 cm³/mol. The molecule has 178 valence electrons. The molecule has 1 amide bonds. The molecule has 0 saturated heterocycles. The molecule has 0 saturated carbocycles. The molecule has 0 aliphatic carbocycles. The fourth-order valence-corrected chi connectivity index (χ4v) is 3.51. The van der Waals surface area contributed by atoms with Gasteiger partial charge < -0.3 is 10.3 Å². The molecule has 2 heterocycles. The highest BCUT2D eigenvalue weighted by atomic mass is 19.1. The first-order valence-electron chi connectivity index (χ1n) is 10.7. The number of rotatable bonds is 6. The Bertz CT molecular complexity index is 1450. The Hall–Kier alpha value is -4.08. The molecular weight excluding hydrogens is 439 g/mol. The van der Waals surface area contributed by atoms with E-state index >= 15 is 0 Å². The largest absolute Gasteiger partial charge is 0.384 e. The number of nitrogens with two attached hydrogens (primary N) is 1. The Morgan fingerprint density at radius 1 is 1.18 bits per heavy atom. The molecule has 3 aromatic rings. The number of allylic oxidation sites excluding steroid dienone is 3. The van der Waals surface area contributed by atoms with Crippen LogP contribution in [-0.2, 0) is 18.9 Å². The molecule has 0 bridgehead atoms. The van der Waals surface area contributed by atoms with Crippen LogP contribution in [0.5, 0.6) is 0 Å². The third-order valence-corrected chi connectivity index (χ3v) is 5.75. The summed E-state index contributed by atoms with van der Waals surface area (Å²) >= 11 is 0. The minimum atomic E-state index is -0.883. The van der Waals surface area contributed by atoms with Crippen LogP contribution < -0.4 is 17.0 Å². The molecule has 9 nitrogen and oxygen atoms in total. The molecule has 1 atom stereocenters. The van der Waals surface area contributed by atoms with Gasteiger partial charge in [0.15, 0.2) is 11.2 Å². The van der Waals surface area contributed by atoms with Crippen molar-refractivity contribution in [3.8, 4) is 0 Å². The summed E-state index contributed by atoms with van der Waals surface area (Å²) in [4.78, 5) is 45.6. The molecule has 10 heteroatoms.